The van der Waals surface area contributed by atoms with E-state index >= 15 is 0 Å². The molecule has 0 saturated carbocycles. The normalized spacial score (nSPS) is 12.4. The molecule has 0 aliphatic carbocycles. The number of hydrogen-bond donors (Lipinski definition) is 2. The van der Waals surface area contributed by atoms with Crippen LogP contribution in [0.25, 0.3) is 122 Å². The lowest BCUT2D eigenvalue weighted by molar-refractivity contribution is 0.131. The molecule has 0 aliphatic heterocycles. The molecule has 0 spiro atoms. The van der Waals surface area contributed by atoms with Crippen molar-refractivity contribution in [2.75, 3.05) is 0 Å². The van der Waals surface area contributed by atoms with E-state index in [1.54, 1.807) is 0 Å². The summed E-state index contributed by atoms with van der Waals surface area (Å²) in [5.74, 6) is 1.66. The van der Waals surface area contributed by atoms with Crippen LogP contribution in [0.4, 0.5) is 0 Å². The highest BCUT2D eigenvalue weighted by Crippen LogP contribution is 2.48. The van der Waals surface area contributed by atoms with Gasteiger partial charge in [-0.3, -0.25) is 0 Å². The molecule has 6 heteroatoms. The van der Waals surface area contributed by atoms with Gasteiger partial charge in [-0.15, -0.1) is 0 Å². The second-order valence-electron chi connectivity index (χ2n) is 28.1. The van der Waals surface area contributed by atoms with E-state index in [1.807, 2.05) is 48.5 Å². The molecule has 0 aliphatic rings. The number of phenolic OH excluding ortho intramolecular Hbond substituents is 2. The summed E-state index contributed by atoms with van der Waals surface area (Å²) >= 11 is 0. The number of aromatic hydroxyl groups is 2. The van der Waals surface area contributed by atoms with Gasteiger partial charge in [-0.25, -0.2) is 0 Å². The smallest absolute Gasteiger partial charge is 0.147 e. The predicted molar refractivity (Wildman–Crippen MR) is 409 cm³/mol. The lowest BCUT2D eigenvalue weighted by Crippen LogP contribution is -2.23. The molecular weight excluding hydrogens is 1190 g/mol. The molecule has 0 bridgehead atoms. The highest BCUT2D eigenvalue weighted by Gasteiger charge is 2.26. The summed E-state index contributed by atoms with van der Waals surface area (Å²) in [7, 11) is 0. The van der Waals surface area contributed by atoms with Crippen LogP contribution in [-0.2, 0) is 0 Å². The van der Waals surface area contributed by atoms with Gasteiger partial charge in [-0.2, -0.15) is 0 Å². The summed E-state index contributed by atoms with van der Waals surface area (Å²) in [5, 5.41) is 30.3. The molecule has 2 heterocycles. The average Bonchev–Trinajstić information content (AvgIpc) is 1.60. The second-order valence-corrected chi connectivity index (χ2v) is 28.1. The zero-order valence-corrected chi connectivity index (χ0v) is 58.9. The Kier molecular flexibility index (Phi) is 16.4. The first-order chi connectivity index (χ1) is 46.5. The maximum absolute atomic E-state index is 12.9. The van der Waals surface area contributed by atoms with E-state index in [9.17, 15) is 10.2 Å². The van der Waals surface area contributed by atoms with E-state index < -0.39 is 0 Å². The summed E-state index contributed by atoms with van der Waals surface area (Å²) in [6, 6.07) is 69.8. The van der Waals surface area contributed by atoms with Gasteiger partial charge in [0.15, 0.2) is 0 Å². The number of benzene rings is 12. The quantitative estimate of drug-likeness (QED) is 0.114. The lowest BCUT2D eigenvalue weighted by Gasteiger charge is -2.24. The van der Waals surface area contributed by atoms with Crippen LogP contribution in [0.5, 0.6) is 23.0 Å². The molecule has 2 unspecified atom stereocenters. The van der Waals surface area contributed by atoms with Crippen molar-refractivity contribution in [1.29, 1.82) is 0 Å². The average molecular weight is 1270 g/mol. The maximum Gasteiger partial charge on any atom is 0.147 e. The van der Waals surface area contributed by atoms with E-state index in [2.05, 4.69) is 266 Å². The minimum Gasteiger partial charge on any atom is -0.505 e. The number of nitrogens with zero attached hydrogens (tertiary/aromatic N) is 2. The van der Waals surface area contributed by atoms with Crippen LogP contribution < -0.4 is 9.47 Å². The first-order valence-corrected chi connectivity index (χ1v) is 34.2. The van der Waals surface area contributed by atoms with Gasteiger partial charge in [-0.1, -0.05) is 131 Å². The Morgan fingerprint density at radius 1 is 0.289 bits per heavy atom. The van der Waals surface area contributed by atoms with E-state index in [-0.39, 0.29) is 23.7 Å². The van der Waals surface area contributed by atoms with Crippen LogP contribution >= 0.6 is 0 Å². The predicted octanol–water partition coefficient (Wildman–Crippen LogP) is 24.2. The van der Waals surface area contributed by atoms with E-state index in [4.69, 9.17) is 9.47 Å². The standard InChI is InChI=1S/C91H86N2O4/c1-50-33-56(7)86(57(8)34-50)66-25-29-78-72(46-66)73-47-67(87-58(9)35-51(2)36-59(87)10)26-30-79(73)92(78)82-43-54(5)41-76(90(82)94)70-21-17-19-23-84(70)96-64(15)45-65(16)97-85-24-20-18-22-71(85)77-42-55(6)44-83(91(77)95)93-80-31-27-68(88-60(11)37-52(3)38-61(88)12)48-74(80)75-49-69(28-32-81(75)93)89-62(13)39-53(4)40-63(89)14/h17-44,46-49,64-65,94-95H,45H2,1-16H3. The van der Waals surface area contributed by atoms with E-state index in [1.165, 1.54) is 111 Å². The second kappa shape index (κ2) is 24.9. The summed E-state index contributed by atoms with van der Waals surface area (Å²) in [6.45, 7) is 34.7. The lowest BCUT2D eigenvalue weighted by atomic mass is 9.91. The number of aromatic nitrogens is 2. The Balaban J connectivity index is 0.787. The number of hydrogen-bond acceptors (Lipinski definition) is 4. The molecule has 484 valence electrons. The third-order valence-corrected chi connectivity index (χ3v) is 20.0. The van der Waals surface area contributed by atoms with Crippen molar-refractivity contribution in [2.45, 2.75) is 129 Å². The Morgan fingerprint density at radius 2 is 0.536 bits per heavy atom. The van der Waals surface area contributed by atoms with Gasteiger partial charge in [0.05, 0.1) is 45.6 Å². The van der Waals surface area contributed by atoms with Gasteiger partial charge in [-0.05, 0) is 296 Å². The van der Waals surface area contributed by atoms with Crippen molar-refractivity contribution in [1.82, 2.24) is 9.13 Å². The molecular formula is C91H86N2O4. The third kappa shape index (κ3) is 11.5. The number of fused-ring (bicyclic) bond motifs is 6. The van der Waals surface area contributed by atoms with Crippen molar-refractivity contribution < 1.29 is 19.7 Å². The van der Waals surface area contributed by atoms with Crippen LogP contribution in [-0.4, -0.2) is 31.6 Å². The van der Waals surface area contributed by atoms with Gasteiger partial charge < -0.3 is 28.8 Å². The fraction of sp³-hybridized carbons (Fsp3) is 0.209. The van der Waals surface area contributed by atoms with Crippen molar-refractivity contribution in [3.8, 4) is 101 Å². The van der Waals surface area contributed by atoms with Gasteiger partial charge in [0.1, 0.15) is 23.0 Å². The molecule has 2 N–H and O–H groups in total. The zero-order chi connectivity index (χ0) is 68.2. The molecule has 0 saturated heterocycles. The molecule has 0 fully saturated rings. The Labute approximate surface area is 571 Å². The van der Waals surface area contributed by atoms with Crippen LogP contribution in [0, 0.1) is 96.9 Å². The Hall–Kier alpha value is -10.6. The minimum atomic E-state index is -0.301. The van der Waals surface area contributed by atoms with Gasteiger partial charge in [0, 0.05) is 50.2 Å². The molecule has 0 amide bonds. The first-order valence-electron chi connectivity index (χ1n) is 34.2. The van der Waals surface area contributed by atoms with Crippen molar-refractivity contribution in [2.24, 2.45) is 0 Å². The van der Waals surface area contributed by atoms with Crippen LogP contribution in [0.15, 0.2) is 194 Å². The number of para-hydroxylation sites is 2. The number of phenols is 2. The molecule has 14 rings (SSSR count). The molecule has 12 aromatic carbocycles. The third-order valence-electron chi connectivity index (χ3n) is 20.0. The summed E-state index contributed by atoms with van der Waals surface area (Å²) in [6.07, 6.45) is -0.0581. The van der Waals surface area contributed by atoms with E-state index in [0.717, 1.165) is 65.9 Å². The summed E-state index contributed by atoms with van der Waals surface area (Å²) in [5.41, 5.74) is 35.0. The molecule has 14 aromatic rings. The first kappa shape index (κ1) is 63.8. The van der Waals surface area contributed by atoms with Crippen LogP contribution in [0.1, 0.15) is 98.2 Å². The van der Waals surface area contributed by atoms with E-state index in [0.29, 0.717) is 40.4 Å². The molecule has 97 heavy (non-hydrogen) atoms. The van der Waals surface area contributed by atoms with Crippen LogP contribution in [0.3, 0.4) is 0 Å². The summed E-state index contributed by atoms with van der Waals surface area (Å²) in [4.78, 5) is 0. The van der Waals surface area contributed by atoms with Gasteiger partial charge in [0.25, 0.3) is 0 Å². The van der Waals surface area contributed by atoms with Crippen molar-refractivity contribution in [3.63, 3.8) is 0 Å². The Bertz CT molecular complexity index is 4890. The van der Waals surface area contributed by atoms with Gasteiger partial charge in [0.2, 0.25) is 0 Å². The minimum absolute atomic E-state index is 0.167. The van der Waals surface area contributed by atoms with Crippen molar-refractivity contribution in [3.05, 3.63) is 272 Å². The highest BCUT2D eigenvalue weighted by molar-refractivity contribution is 6.14. The highest BCUT2D eigenvalue weighted by atomic mass is 16.5. The molecule has 2 atom stereocenters. The molecule has 2 aromatic heterocycles. The monoisotopic (exact) mass is 1270 g/mol. The number of aryl methyl sites for hydroxylation is 14. The fourth-order valence-corrected chi connectivity index (χ4v) is 16.6. The number of ether oxygens (including phenoxy) is 2. The largest absolute Gasteiger partial charge is 0.505 e. The Morgan fingerprint density at radius 3 is 0.804 bits per heavy atom. The van der Waals surface area contributed by atoms with Crippen LogP contribution in [0.2, 0.25) is 0 Å². The summed E-state index contributed by atoms with van der Waals surface area (Å²) < 4.78 is 18.4. The maximum atomic E-state index is 12.9. The van der Waals surface area contributed by atoms with Crippen molar-refractivity contribution >= 4 is 43.6 Å². The molecule has 0 radical (unpaired) electrons. The molecule has 6 nitrogen and oxygen atoms in total. The zero-order valence-electron chi connectivity index (χ0n) is 58.9. The van der Waals surface area contributed by atoms with Gasteiger partial charge >= 0.3 is 0 Å². The fourth-order valence-electron chi connectivity index (χ4n) is 16.6. The number of rotatable bonds is 14. The SMILES string of the molecule is Cc1cc(C)c(-c2ccc3c(c2)c2cc(-c4c(C)cc(C)cc4C)ccc2n3-c2cc(C)cc(-c3ccccc3OC(C)CC(C)Oc3ccccc3-c3cc(C)cc(-n4c5ccc(-c6c(C)cc(C)cc6C)cc5c5cc(-c6c(C)cc(C)cc6C)ccc54)c3O)c2O)c(C)c1. The topological polar surface area (TPSA) is 68.8 Å².